The van der Waals surface area contributed by atoms with E-state index in [4.69, 9.17) is 5.11 Å². The average molecular weight is 202 g/mol. The lowest BCUT2D eigenvalue weighted by Gasteiger charge is -2.22. The topological polar surface area (TPSA) is 55.8 Å². The number of carbonyl (C=O) groups is 1. The lowest BCUT2D eigenvalue weighted by Crippen LogP contribution is -2.38. The molecule has 0 bridgehead atoms. The predicted octanol–water partition coefficient (Wildman–Crippen LogP) is 1.65. The third-order valence-corrected chi connectivity index (χ3v) is 1.23. The summed E-state index contributed by atoms with van der Waals surface area (Å²) < 4.78 is 44.6. The van der Waals surface area contributed by atoms with Gasteiger partial charge in [-0.05, 0) is 0 Å². The van der Waals surface area contributed by atoms with Crippen molar-refractivity contribution in [1.29, 1.82) is 0 Å². The third kappa shape index (κ3) is 3.97. The first-order chi connectivity index (χ1) is 5.92. The molecule has 1 N–H and O–H groups in total. The van der Waals surface area contributed by atoms with Crippen molar-refractivity contribution in [3.63, 3.8) is 0 Å². The van der Waals surface area contributed by atoms with Gasteiger partial charge < -0.3 is 14.6 Å². The fourth-order valence-corrected chi connectivity index (χ4v) is 0.591. The molecule has 0 spiro atoms. The monoisotopic (exact) mass is 202 g/mol. The summed E-state index contributed by atoms with van der Waals surface area (Å²) >= 11 is 0. The Kier molecular flexibility index (Phi) is 4.53. The molecule has 0 aliphatic heterocycles. The van der Waals surface area contributed by atoms with Crippen molar-refractivity contribution < 1.29 is 32.5 Å². The molecule has 0 fully saturated rings. The fraction of sp³-hybridized carbons (Fsp3) is 0.833. The molecule has 0 aromatic carbocycles. The maximum absolute atomic E-state index is 12.9. The molecule has 0 saturated carbocycles. The number of rotatable bonds is 5. The van der Waals surface area contributed by atoms with E-state index in [1.54, 1.807) is 0 Å². The van der Waals surface area contributed by atoms with Crippen LogP contribution in [0.15, 0.2) is 0 Å². The van der Waals surface area contributed by atoms with Crippen LogP contribution in [0.2, 0.25) is 0 Å². The highest BCUT2D eigenvalue weighted by Crippen LogP contribution is 2.26. The van der Waals surface area contributed by atoms with Crippen molar-refractivity contribution in [3.05, 3.63) is 0 Å². The van der Waals surface area contributed by atoms with Crippen molar-refractivity contribution in [2.75, 3.05) is 13.7 Å². The molecule has 0 heterocycles. The molecule has 0 aromatic rings. The van der Waals surface area contributed by atoms with Gasteiger partial charge in [0.25, 0.3) is 0 Å². The Hall–Kier alpha value is -0.980. The maximum atomic E-state index is 12.9. The fourth-order valence-electron chi connectivity index (χ4n) is 0.591. The minimum Gasteiger partial charge on any atom is -0.450 e. The molecular weight excluding hydrogens is 193 g/mol. The molecule has 4 nitrogen and oxygen atoms in total. The minimum atomic E-state index is -3.53. The molecule has 0 radical (unpaired) electrons. The van der Waals surface area contributed by atoms with Crippen LogP contribution < -0.4 is 0 Å². The molecular formula is C6H9F3O4. The van der Waals surface area contributed by atoms with Gasteiger partial charge in [0.15, 0.2) is 0 Å². The lowest BCUT2D eigenvalue weighted by atomic mass is 10.2. The predicted molar refractivity (Wildman–Crippen MR) is 35.4 cm³/mol. The maximum Gasteiger partial charge on any atom is 0.508 e. The number of alkyl halides is 3. The summed E-state index contributed by atoms with van der Waals surface area (Å²) in [6.45, 7) is -0.353. The van der Waals surface area contributed by atoms with Gasteiger partial charge in [0, 0.05) is 13.5 Å². The van der Waals surface area contributed by atoms with E-state index in [0.29, 0.717) is 0 Å². The van der Waals surface area contributed by atoms with Crippen LogP contribution in [0.5, 0.6) is 0 Å². The van der Waals surface area contributed by atoms with Crippen LogP contribution >= 0.6 is 0 Å². The molecule has 0 rings (SSSR count). The van der Waals surface area contributed by atoms with Gasteiger partial charge in [-0.2, -0.15) is 4.39 Å². The minimum absolute atomic E-state index is 0.353. The summed E-state index contributed by atoms with van der Waals surface area (Å²) in [5, 5.41) is 7.96. The van der Waals surface area contributed by atoms with Crippen LogP contribution in [0, 0.1) is 0 Å². The highest BCUT2D eigenvalue weighted by atomic mass is 19.3. The van der Waals surface area contributed by atoms with E-state index in [2.05, 4.69) is 9.47 Å². The van der Waals surface area contributed by atoms with Crippen molar-refractivity contribution in [2.45, 2.75) is 18.7 Å². The molecule has 78 valence electrons. The lowest BCUT2D eigenvalue weighted by molar-refractivity contribution is -0.203. The van der Waals surface area contributed by atoms with Crippen LogP contribution in [-0.4, -0.2) is 37.3 Å². The van der Waals surface area contributed by atoms with Gasteiger partial charge in [0.2, 0.25) is 0 Å². The first kappa shape index (κ1) is 12.0. The van der Waals surface area contributed by atoms with Gasteiger partial charge in [-0.25, -0.2) is 13.6 Å². The van der Waals surface area contributed by atoms with E-state index >= 15 is 0 Å². The molecule has 1 unspecified atom stereocenters. The van der Waals surface area contributed by atoms with Crippen LogP contribution in [0.3, 0.4) is 0 Å². The van der Waals surface area contributed by atoms with E-state index in [1.165, 1.54) is 7.11 Å². The van der Waals surface area contributed by atoms with Crippen LogP contribution in [-0.2, 0) is 9.47 Å². The van der Waals surface area contributed by atoms with E-state index in [9.17, 15) is 18.0 Å². The molecule has 7 heteroatoms. The van der Waals surface area contributed by atoms with Gasteiger partial charge in [-0.15, -0.1) is 0 Å². The zero-order valence-electron chi connectivity index (χ0n) is 6.80. The molecule has 0 saturated heterocycles. The molecule has 0 amide bonds. The molecule has 1 atom stereocenters. The Morgan fingerprint density at radius 1 is 1.62 bits per heavy atom. The number of halogens is 3. The van der Waals surface area contributed by atoms with Crippen LogP contribution in [0.1, 0.15) is 6.42 Å². The van der Waals surface area contributed by atoms with Crippen molar-refractivity contribution in [2.24, 2.45) is 0 Å². The molecule has 13 heavy (non-hydrogen) atoms. The van der Waals surface area contributed by atoms with E-state index in [0.717, 1.165) is 0 Å². The first-order valence-electron chi connectivity index (χ1n) is 3.30. The van der Waals surface area contributed by atoms with E-state index in [-0.39, 0.29) is 6.61 Å². The summed E-state index contributed by atoms with van der Waals surface area (Å²) in [4.78, 5) is 9.85. The van der Waals surface area contributed by atoms with Crippen molar-refractivity contribution in [3.8, 4) is 0 Å². The van der Waals surface area contributed by atoms with Crippen LogP contribution in [0.25, 0.3) is 0 Å². The zero-order valence-corrected chi connectivity index (χ0v) is 6.80. The summed E-state index contributed by atoms with van der Waals surface area (Å²) in [6, 6.07) is 0. The quantitative estimate of drug-likeness (QED) is 0.688. The first-order valence-corrected chi connectivity index (χ1v) is 3.30. The Labute approximate surface area is 72.2 Å². The van der Waals surface area contributed by atoms with Gasteiger partial charge in [-0.1, -0.05) is 0 Å². The second-order valence-electron chi connectivity index (χ2n) is 2.20. The number of methoxy groups -OCH3 is 1. The third-order valence-electron chi connectivity index (χ3n) is 1.23. The van der Waals surface area contributed by atoms with Gasteiger partial charge in [-0.3, -0.25) is 0 Å². The Morgan fingerprint density at radius 2 is 2.15 bits per heavy atom. The normalized spacial score (nSPS) is 15.5. The standard InChI is InChI=1S/C6H9F3O4/c1-12-3-2-6(9,4(7)8)13-5(10)11/h4H,2-3H2,1H3,(H,10,11). The van der Waals surface area contributed by atoms with Gasteiger partial charge in [0.1, 0.15) is 0 Å². The summed E-state index contributed by atoms with van der Waals surface area (Å²) in [6.07, 6.45) is -6.45. The number of hydrogen-bond donors (Lipinski definition) is 1. The second kappa shape index (κ2) is 4.90. The number of carboxylic acid groups (broad SMARTS) is 1. The highest BCUT2D eigenvalue weighted by Gasteiger charge is 2.44. The molecule has 0 aliphatic rings. The molecule has 0 aliphatic carbocycles. The summed E-state index contributed by atoms with van der Waals surface area (Å²) in [7, 11) is 1.17. The van der Waals surface area contributed by atoms with Crippen molar-refractivity contribution in [1.82, 2.24) is 0 Å². The zero-order chi connectivity index (χ0) is 10.5. The smallest absolute Gasteiger partial charge is 0.450 e. The Balaban J connectivity index is 4.24. The van der Waals surface area contributed by atoms with E-state index in [1.807, 2.05) is 0 Å². The largest absolute Gasteiger partial charge is 0.508 e. The number of ether oxygens (including phenoxy) is 2. The summed E-state index contributed by atoms with van der Waals surface area (Å²) in [5.74, 6) is -3.48. The number of hydrogen-bond acceptors (Lipinski definition) is 3. The SMILES string of the molecule is COCCC(F)(OC(=O)O)C(F)F. The van der Waals surface area contributed by atoms with E-state index < -0.39 is 24.9 Å². The Morgan fingerprint density at radius 3 is 2.46 bits per heavy atom. The Bertz CT molecular complexity index is 175. The summed E-state index contributed by atoms with van der Waals surface area (Å²) in [5.41, 5.74) is 0. The highest BCUT2D eigenvalue weighted by molar-refractivity contribution is 5.57. The average Bonchev–Trinajstić information content (AvgIpc) is 1.99. The second-order valence-corrected chi connectivity index (χ2v) is 2.20. The van der Waals surface area contributed by atoms with Crippen molar-refractivity contribution >= 4 is 6.16 Å². The van der Waals surface area contributed by atoms with Gasteiger partial charge >= 0.3 is 18.4 Å². The van der Waals surface area contributed by atoms with Gasteiger partial charge in [0.05, 0.1) is 6.61 Å². The van der Waals surface area contributed by atoms with Crippen LogP contribution in [0.4, 0.5) is 18.0 Å². The molecule has 0 aromatic heterocycles.